The summed E-state index contributed by atoms with van der Waals surface area (Å²) in [4.78, 5) is 0. The molecule has 1 atom stereocenters. The maximum Gasteiger partial charge on any atom is 0.416 e. The third kappa shape index (κ3) is 2.47. The van der Waals surface area contributed by atoms with E-state index in [2.05, 4.69) is 6.92 Å². The van der Waals surface area contributed by atoms with Crippen LogP contribution in [0.1, 0.15) is 24.0 Å². The zero-order chi connectivity index (χ0) is 10.9. The van der Waals surface area contributed by atoms with Gasteiger partial charge in [-0.3, -0.25) is 0 Å². The van der Waals surface area contributed by atoms with Gasteiger partial charge in [0.05, 0.1) is 5.56 Å². The first-order valence-corrected chi connectivity index (χ1v) is 4.01. The van der Waals surface area contributed by atoms with Gasteiger partial charge in [-0.05, 0) is 36.6 Å². The second-order valence-electron chi connectivity index (χ2n) is 3.17. The van der Waals surface area contributed by atoms with E-state index in [0.29, 0.717) is 6.07 Å². The van der Waals surface area contributed by atoms with Crippen LogP contribution in [0.2, 0.25) is 0 Å². The Morgan fingerprint density at radius 3 is 2.21 bits per heavy atom. The molecule has 0 nitrogen and oxygen atoms in total. The minimum Gasteiger partial charge on any atom is -0.207 e. The SMILES string of the molecule is [CH2]C(C)c1cc(F)cc(C(F)(F)F)c1. The lowest BCUT2D eigenvalue weighted by Gasteiger charge is -2.11. The Morgan fingerprint density at radius 1 is 1.21 bits per heavy atom. The van der Waals surface area contributed by atoms with Gasteiger partial charge in [-0.2, -0.15) is 13.2 Å². The summed E-state index contributed by atoms with van der Waals surface area (Å²) < 4.78 is 49.5. The summed E-state index contributed by atoms with van der Waals surface area (Å²) in [6.45, 7) is 5.15. The van der Waals surface area contributed by atoms with E-state index < -0.39 is 17.6 Å². The number of halogens is 4. The van der Waals surface area contributed by atoms with Crippen molar-refractivity contribution >= 4 is 0 Å². The Balaban J connectivity index is 3.21. The molecule has 0 aromatic heterocycles. The minimum absolute atomic E-state index is 0.248. The quantitative estimate of drug-likeness (QED) is 0.612. The number of hydrogen-bond donors (Lipinski definition) is 0. The molecule has 14 heavy (non-hydrogen) atoms. The molecule has 4 heteroatoms. The van der Waals surface area contributed by atoms with Gasteiger partial charge in [0, 0.05) is 0 Å². The standard InChI is InChI=1S/C10H9F4/c1-6(2)7-3-8(10(12,13)14)5-9(11)4-7/h3-6H,1H2,2H3. The molecule has 0 aliphatic heterocycles. The molecule has 0 spiro atoms. The van der Waals surface area contributed by atoms with Crippen LogP contribution in [0.15, 0.2) is 18.2 Å². The lowest BCUT2D eigenvalue weighted by molar-refractivity contribution is -0.137. The molecule has 0 saturated heterocycles. The third-order valence-electron chi connectivity index (χ3n) is 1.82. The van der Waals surface area contributed by atoms with Crippen molar-refractivity contribution in [2.24, 2.45) is 0 Å². The highest BCUT2D eigenvalue weighted by Gasteiger charge is 2.31. The topological polar surface area (TPSA) is 0 Å². The Hall–Kier alpha value is -1.06. The fraction of sp³-hybridized carbons (Fsp3) is 0.300. The summed E-state index contributed by atoms with van der Waals surface area (Å²) in [6, 6.07) is 2.46. The maximum atomic E-state index is 12.8. The maximum absolute atomic E-state index is 12.8. The van der Waals surface area contributed by atoms with Gasteiger partial charge in [0.2, 0.25) is 0 Å². The molecule has 1 aromatic carbocycles. The molecule has 0 saturated carbocycles. The molecule has 0 aliphatic rings. The van der Waals surface area contributed by atoms with Crippen molar-refractivity contribution in [1.82, 2.24) is 0 Å². The molecule has 0 amide bonds. The second-order valence-corrected chi connectivity index (χ2v) is 3.17. The summed E-state index contributed by atoms with van der Waals surface area (Å²) in [5.74, 6) is -1.25. The smallest absolute Gasteiger partial charge is 0.207 e. The van der Waals surface area contributed by atoms with Crippen LogP contribution >= 0.6 is 0 Å². The Kier molecular flexibility index (Phi) is 2.83. The van der Waals surface area contributed by atoms with Crippen LogP contribution in [-0.2, 0) is 6.18 Å². The van der Waals surface area contributed by atoms with Gasteiger partial charge >= 0.3 is 6.18 Å². The summed E-state index contributed by atoms with van der Waals surface area (Å²) in [5.41, 5.74) is -0.722. The van der Waals surface area contributed by atoms with E-state index in [1.165, 1.54) is 0 Å². The van der Waals surface area contributed by atoms with Gasteiger partial charge in [0.1, 0.15) is 5.82 Å². The highest BCUT2D eigenvalue weighted by atomic mass is 19.4. The van der Waals surface area contributed by atoms with Gasteiger partial charge < -0.3 is 0 Å². The van der Waals surface area contributed by atoms with E-state index in [1.54, 1.807) is 6.92 Å². The monoisotopic (exact) mass is 205 g/mol. The minimum atomic E-state index is -4.51. The van der Waals surface area contributed by atoms with Crippen LogP contribution in [0.5, 0.6) is 0 Å². The molecule has 0 fully saturated rings. The van der Waals surface area contributed by atoms with Crippen LogP contribution in [0.4, 0.5) is 17.6 Å². The van der Waals surface area contributed by atoms with E-state index in [9.17, 15) is 17.6 Å². The van der Waals surface area contributed by atoms with Crippen molar-refractivity contribution in [2.45, 2.75) is 19.0 Å². The molecular formula is C10H9F4. The normalized spacial score (nSPS) is 12.2. The van der Waals surface area contributed by atoms with Crippen LogP contribution in [0.25, 0.3) is 0 Å². The predicted molar refractivity (Wildman–Crippen MR) is 45.2 cm³/mol. The number of rotatable bonds is 1. The first-order valence-electron chi connectivity index (χ1n) is 4.01. The van der Waals surface area contributed by atoms with Crippen molar-refractivity contribution < 1.29 is 17.6 Å². The molecule has 0 aliphatic carbocycles. The molecule has 0 bridgehead atoms. The first kappa shape index (κ1) is 11.0. The summed E-state index contributed by atoms with van der Waals surface area (Å²) >= 11 is 0. The molecule has 1 radical (unpaired) electrons. The summed E-state index contributed by atoms with van der Waals surface area (Å²) in [6.07, 6.45) is -4.51. The predicted octanol–water partition coefficient (Wildman–Crippen LogP) is 3.78. The molecular weight excluding hydrogens is 196 g/mol. The van der Waals surface area contributed by atoms with E-state index in [1.807, 2.05) is 0 Å². The summed E-state index contributed by atoms with van der Waals surface area (Å²) in [7, 11) is 0. The molecule has 1 unspecified atom stereocenters. The second kappa shape index (κ2) is 3.59. The van der Waals surface area contributed by atoms with Crippen molar-refractivity contribution in [3.63, 3.8) is 0 Å². The van der Waals surface area contributed by atoms with Crippen LogP contribution in [0.3, 0.4) is 0 Å². The largest absolute Gasteiger partial charge is 0.416 e. The van der Waals surface area contributed by atoms with E-state index >= 15 is 0 Å². The van der Waals surface area contributed by atoms with Crippen LogP contribution in [-0.4, -0.2) is 0 Å². The van der Waals surface area contributed by atoms with E-state index in [4.69, 9.17) is 0 Å². The van der Waals surface area contributed by atoms with Gasteiger partial charge in [-0.25, -0.2) is 4.39 Å². The van der Waals surface area contributed by atoms with E-state index in [-0.39, 0.29) is 11.5 Å². The van der Waals surface area contributed by atoms with Crippen LogP contribution in [0, 0.1) is 12.7 Å². The fourth-order valence-corrected chi connectivity index (χ4v) is 1.06. The Bertz CT molecular complexity index is 325. The zero-order valence-corrected chi connectivity index (χ0v) is 7.53. The third-order valence-corrected chi connectivity index (χ3v) is 1.82. The van der Waals surface area contributed by atoms with Crippen molar-refractivity contribution in [3.05, 3.63) is 42.1 Å². The van der Waals surface area contributed by atoms with Gasteiger partial charge in [0.25, 0.3) is 0 Å². The average Bonchev–Trinajstić information content (AvgIpc) is 2.01. The average molecular weight is 205 g/mol. The van der Waals surface area contributed by atoms with Crippen molar-refractivity contribution in [3.8, 4) is 0 Å². The Morgan fingerprint density at radius 2 is 1.79 bits per heavy atom. The zero-order valence-electron chi connectivity index (χ0n) is 7.53. The fourth-order valence-electron chi connectivity index (χ4n) is 1.06. The van der Waals surface area contributed by atoms with Gasteiger partial charge in [-0.1, -0.05) is 6.92 Å². The lowest BCUT2D eigenvalue weighted by atomic mass is 10.0. The van der Waals surface area contributed by atoms with Crippen molar-refractivity contribution in [2.75, 3.05) is 0 Å². The molecule has 1 rings (SSSR count). The van der Waals surface area contributed by atoms with Crippen molar-refractivity contribution in [1.29, 1.82) is 0 Å². The molecule has 77 valence electrons. The van der Waals surface area contributed by atoms with Crippen LogP contribution < -0.4 is 0 Å². The molecule has 1 aromatic rings. The van der Waals surface area contributed by atoms with E-state index in [0.717, 1.165) is 12.1 Å². The Labute approximate surface area is 79.6 Å². The number of benzene rings is 1. The molecule has 0 N–H and O–H groups in total. The lowest BCUT2D eigenvalue weighted by Crippen LogP contribution is -2.06. The first-order chi connectivity index (χ1) is 6.30. The van der Waals surface area contributed by atoms with Gasteiger partial charge in [-0.15, -0.1) is 0 Å². The summed E-state index contributed by atoms with van der Waals surface area (Å²) in [5, 5.41) is 0. The number of alkyl halides is 3. The number of hydrogen-bond acceptors (Lipinski definition) is 0. The highest BCUT2D eigenvalue weighted by Crippen LogP contribution is 2.31. The highest BCUT2D eigenvalue weighted by molar-refractivity contribution is 5.29. The molecule has 0 heterocycles. The van der Waals surface area contributed by atoms with Gasteiger partial charge in [0.15, 0.2) is 0 Å².